The van der Waals surface area contributed by atoms with E-state index in [9.17, 15) is 14.4 Å². The average molecular weight is 286 g/mol. The van der Waals surface area contributed by atoms with Crippen LogP contribution in [0, 0.1) is 5.92 Å². The lowest BCUT2D eigenvalue weighted by molar-refractivity contribution is -0.143. The summed E-state index contributed by atoms with van der Waals surface area (Å²) in [4.78, 5) is 33.1. The van der Waals surface area contributed by atoms with Crippen LogP contribution in [0.5, 0.6) is 0 Å². The summed E-state index contributed by atoms with van der Waals surface area (Å²) in [5.74, 6) is -1.18. The minimum Gasteiger partial charge on any atom is -0.480 e. The number of carboxylic acids is 1. The molecule has 0 bridgehead atoms. The lowest BCUT2D eigenvalue weighted by atomic mass is 9.84. The number of carbonyl (C=O) groups excluding carboxylic acids is 2. The monoisotopic (exact) mass is 286 g/mol. The van der Waals surface area contributed by atoms with E-state index in [-0.39, 0.29) is 6.04 Å². The highest BCUT2D eigenvalue weighted by Crippen LogP contribution is 2.26. The number of rotatable bonds is 6. The van der Waals surface area contributed by atoms with Crippen molar-refractivity contribution < 1.29 is 24.2 Å². The normalized spacial score (nSPS) is 22.1. The summed E-state index contributed by atoms with van der Waals surface area (Å²) in [6, 6.07) is -0.447. The molecule has 0 aromatic carbocycles. The van der Waals surface area contributed by atoms with Crippen LogP contribution in [-0.4, -0.2) is 42.3 Å². The molecule has 1 fully saturated rings. The molecule has 114 valence electrons. The van der Waals surface area contributed by atoms with E-state index in [1.54, 1.807) is 0 Å². The fourth-order valence-corrected chi connectivity index (χ4v) is 2.41. The Labute approximate surface area is 118 Å². The summed E-state index contributed by atoms with van der Waals surface area (Å²) in [5.41, 5.74) is 0. The molecule has 7 nitrogen and oxygen atoms in total. The quantitative estimate of drug-likeness (QED) is 0.672. The Bertz CT molecular complexity index is 359. The zero-order valence-corrected chi connectivity index (χ0v) is 11.7. The molecule has 0 aliphatic heterocycles. The summed E-state index contributed by atoms with van der Waals surface area (Å²) in [6.07, 6.45) is 5.24. The van der Waals surface area contributed by atoms with Crippen molar-refractivity contribution in [2.75, 3.05) is 13.2 Å². The topological polar surface area (TPSA) is 105 Å². The van der Waals surface area contributed by atoms with E-state index in [4.69, 9.17) is 5.11 Å². The Morgan fingerprint density at radius 1 is 1.25 bits per heavy atom. The van der Waals surface area contributed by atoms with Crippen molar-refractivity contribution in [2.24, 2.45) is 5.92 Å². The van der Waals surface area contributed by atoms with Crippen molar-refractivity contribution in [1.29, 1.82) is 0 Å². The highest BCUT2D eigenvalue weighted by Gasteiger charge is 2.22. The molecule has 0 radical (unpaired) electrons. The largest absolute Gasteiger partial charge is 0.480 e. The number of urea groups is 1. The van der Waals surface area contributed by atoms with Gasteiger partial charge in [-0.25, -0.2) is 9.59 Å². The number of aliphatic carboxylic acids is 1. The first kappa shape index (κ1) is 16.4. The van der Waals surface area contributed by atoms with Gasteiger partial charge < -0.3 is 15.2 Å². The zero-order valence-electron chi connectivity index (χ0n) is 11.7. The Kier molecular flexibility index (Phi) is 7.00. The number of carbonyl (C=O) groups is 3. The van der Waals surface area contributed by atoms with E-state index in [1.165, 1.54) is 6.42 Å². The second kappa shape index (κ2) is 8.52. The van der Waals surface area contributed by atoms with E-state index in [0.29, 0.717) is 5.92 Å². The summed E-state index contributed by atoms with van der Waals surface area (Å²) < 4.78 is 4.59. The molecule has 3 N–H and O–H groups in total. The number of carboxylic acid groups (broad SMARTS) is 1. The van der Waals surface area contributed by atoms with Gasteiger partial charge in [0.05, 0.1) is 0 Å². The second-order valence-electron chi connectivity index (χ2n) is 5.05. The molecular weight excluding hydrogens is 264 g/mol. The van der Waals surface area contributed by atoms with Crippen molar-refractivity contribution in [2.45, 2.75) is 45.1 Å². The second-order valence-corrected chi connectivity index (χ2v) is 5.05. The third-order valence-electron chi connectivity index (χ3n) is 3.41. The van der Waals surface area contributed by atoms with Crippen LogP contribution in [0.25, 0.3) is 0 Å². The van der Waals surface area contributed by atoms with Crippen molar-refractivity contribution in [3.8, 4) is 0 Å². The third-order valence-corrected chi connectivity index (χ3v) is 3.41. The van der Waals surface area contributed by atoms with Gasteiger partial charge in [0, 0.05) is 6.04 Å². The van der Waals surface area contributed by atoms with Gasteiger partial charge in [-0.2, -0.15) is 0 Å². The molecule has 0 aromatic heterocycles. The molecule has 0 heterocycles. The molecule has 0 aromatic rings. The zero-order chi connectivity index (χ0) is 15.0. The number of ether oxygens (including phenoxy) is 1. The summed E-state index contributed by atoms with van der Waals surface area (Å²) in [7, 11) is 0. The van der Waals surface area contributed by atoms with Crippen LogP contribution < -0.4 is 10.6 Å². The van der Waals surface area contributed by atoms with Gasteiger partial charge in [0.1, 0.15) is 13.2 Å². The molecular formula is C13H22N2O5. The fraction of sp³-hybridized carbons (Fsp3) is 0.769. The smallest absolute Gasteiger partial charge is 0.329 e. The Hall–Kier alpha value is -1.63. The summed E-state index contributed by atoms with van der Waals surface area (Å²) in [5, 5.41) is 13.2. The van der Waals surface area contributed by atoms with Crippen LogP contribution in [0.2, 0.25) is 0 Å². The Balaban J connectivity index is 2.21. The van der Waals surface area contributed by atoms with Gasteiger partial charge in [0.25, 0.3) is 5.91 Å². The third kappa shape index (κ3) is 6.51. The first-order valence-electron chi connectivity index (χ1n) is 6.91. The van der Waals surface area contributed by atoms with Crippen LogP contribution in [-0.2, 0) is 14.3 Å². The molecule has 20 heavy (non-hydrogen) atoms. The molecule has 0 spiro atoms. The molecule has 2 unspecified atom stereocenters. The lowest BCUT2D eigenvalue weighted by Gasteiger charge is -2.28. The number of amides is 3. The highest BCUT2D eigenvalue weighted by atomic mass is 16.5. The Morgan fingerprint density at radius 3 is 2.65 bits per heavy atom. The Morgan fingerprint density at radius 2 is 2.00 bits per heavy atom. The molecule has 2 atom stereocenters. The number of imide groups is 1. The van der Waals surface area contributed by atoms with Gasteiger partial charge >= 0.3 is 12.0 Å². The van der Waals surface area contributed by atoms with E-state index >= 15 is 0 Å². The maximum absolute atomic E-state index is 11.6. The predicted molar refractivity (Wildman–Crippen MR) is 71.2 cm³/mol. The number of nitrogens with one attached hydrogen (secondary N) is 2. The van der Waals surface area contributed by atoms with E-state index in [2.05, 4.69) is 22.3 Å². The maximum atomic E-state index is 11.6. The van der Waals surface area contributed by atoms with Gasteiger partial charge in [-0.1, -0.05) is 26.2 Å². The summed E-state index contributed by atoms with van der Waals surface area (Å²) in [6.45, 7) is 1.13. The predicted octanol–water partition coefficient (Wildman–Crippen LogP) is 0.882. The van der Waals surface area contributed by atoms with Gasteiger partial charge in [-0.3, -0.25) is 10.1 Å². The maximum Gasteiger partial charge on any atom is 0.329 e. The van der Waals surface area contributed by atoms with Crippen LogP contribution in [0.15, 0.2) is 0 Å². The molecule has 1 aliphatic carbocycles. The molecule has 0 saturated heterocycles. The molecule has 1 saturated carbocycles. The fourth-order valence-electron chi connectivity index (χ4n) is 2.41. The van der Waals surface area contributed by atoms with E-state index in [1.807, 2.05) is 0 Å². The van der Waals surface area contributed by atoms with Crippen LogP contribution in [0.3, 0.4) is 0 Å². The molecule has 3 amide bonds. The van der Waals surface area contributed by atoms with Gasteiger partial charge in [0.2, 0.25) is 0 Å². The first-order valence-corrected chi connectivity index (χ1v) is 6.91. The minimum atomic E-state index is -1.16. The van der Waals surface area contributed by atoms with Crippen molar-refractivity contribution >= 4 is 17.9 Å². The van der Waals surface area contributed by atoms with Gasteiger partial charge in [-0.05, 0) is 18.8 Å². The van der Waals surface area contributed by atoms with Crippen LogP contribution in [0.4, 0.5) is 4.79 Å². The lowest BCUT2D eigenvalue weighted by Crippen LogP contribution is -2.47. The molecule has 1 aliphatic rings. The van der Waals surface area contributed by atoms with Crippen LogP contribution >= 0.6 is 0 Å². The van der Waals surface area contributed by atoms with Gasteiger partial charge in [0.15, 0.2) is 0 Å². The minimum absolute atomic E-state index is 0.0986. The first-order chi connectivity index (χ1) is 9.51. The van der Waals surface area contributed by atoms with Crippen LogP contribution in [0.1, 0.15) is 39.0 Å². The molecule has 1 rings (SSSR count). The van der Waals surface area contributed by atoms with Crippen molar-refractivity contribution in [1.82, 2.24) is 10.6 Å². The highest BCUT2D eigenvalue weighted by molar-refractivity contribution is 5.95. The van der Waals surface area contributed by atoms with E-state index in [0.717, 1.165) is 25.7 Å². The SMILES string of the molecule is CCC1CCCC(NC(=O)NC(=O)COCC(=O)O)C1. The van der Waals surface area contributed by atoms with Crippen molar-refractivity contribution in [3.05, 3.63) is 0 Å². The van der Waals surface area contributed by atoms with Crippen molar-refractivity contribution in [3.63, 3.8) is 0 Å². The average Bonchev–Trinajstić information content (AvgIpc) is 2.38. The number of hydrogen-bond acceptors (Lipinski definition) is 4. The standard InChI is InChI=1S/C13H22N2O5/c1-2-9-4-3-5-10(6-9)14-13(19)15-11(16)7-20-8-12(17)18/h9-10H,2-8H2,1H3,(H,17,18)(H2,14,15,16,19). The summed E-state index contributed by atoms with van der Waals surface area (Å²) >= 11 is 0. The van der Waals surface area contributed by atoms with E-state index < -0.39 is 31.1 Å². The molecule has 7 heteroatoms. The van der Waals surface area contributed by atoms with Gasteiger partial charge in [-0.15, -0.1) is 0 Å². The number of hydrogen-bond donors (Lipinski definition) is 3.